The van der Waals surface area contributed by atoms with Crippen LogP contribution < -0.4 is 25.2 Å². The van der Waals surface area contributed by atoms with Gasteiger partial charge >= 0.3 is 11.6 Å². The molecule has 0 fully saturated rings. The van der Waals surface area contributed by atoms with Crippen molar-refractivity contribution in [2.45, 2.75) is 0 Å². The molecule has 1 amide bonds. The summed E-state index contributed by atoms with van der Waals surface area (Å²) in [4.78, 5) is 36.3. The van der Waals surface area contributed by atoms with Crippen LogP contribution in [0.3, 0.4) is 0 Å². The number of amides is 1. The van der Waals surface area contributed by atoms with Gasteiger partial charge < -0.3 is 28.7 Å². The van der Waals surface area contributed by atoms with Crippen molar-refractivity contribution >= 4 is 22.8 Å². The third-order valence-electron chi connectivity index (χ3n) is 4.19. The van der Waals surface area contributed by atoms with Crippen LogP contribution in [0.4, 0.5) is 0 Å². The summed E-state index contributed by atoms with van der Waals surface area (Å²) < 4.78 is 25.7. The molecule has 0 bridgehead atoms. The molecular formula is C22H21NO8. The Labute approximate surface area is 177 Å². The maximum absolute atomic E-state index is 12.2. The molecule has 3 rings (SSSR count). The van der Waals surface area contributed by atoms with Gasteiger partial charge in [0.25, 0.3) is 5.91 Å². The second kappa shape index (κ2) is 10.3. The molecule has 1 N–H and O–H groups in total. The van der Waals surface area contributed by atoms with Crippen LogP contribution in [0.25, 0.3) is 11.0 Å². The maximum Gasteiger partial charge on any atom is 0.349 e. The smallest absolute Gasteiger partial charge is 0.349 e. The van der Waals surface area contributed by atoms with Crippen LogP contribution in [0.1, 0.15) is 10.4 Å². The van der Waals surface area contributed by atoms with E-state index in [1.54, 1.807) is 37.4 Å². The molecule has 9 nitrogen and oxygen atoms in total. The van der Waals surface area contributed by atoms with E-state index in [9.17, 15) is 14.4 Å². The zero-order valence-corrected chi connectivity index (χ0v) is 17.0. The lowest BCUT2D eigenvalue weighted by Gasteiger charge is -2.08. The highest BCUT2D eigenvalue weighted by atomic mass is 16.6. The average molecular weight is 427 g/mol. The zero-order chi connectivity index (χ0) is 22.2. The molecule has 0 atom stereocenters. The molecule has 31 heavy (non-hydrogen) atoms. The number of benzene rings is 2. The average Bonchev–Trinajstić information content (AvgIpc) is 2.77. The Balaban J connectivity index is 1.64. The van der Waals surface area contributed by atoms with Crippen LogP contribution in [0.15, 0.2) is 57.7 Å². The van der Waals surface area contributed by atoms with Gasteiger partial charge in [-0.25, -0.2) is 9.59 Å². The van der Waals surface area contributed by atoms with Gasteiger partial charge in [0.1, 0.15) is 28.4 Å². The number of hydrogen-bond donors (Lipinski definition) is 1. The second-order valence-electron chi connectivity index (χ2n) is 6.33. The van der Waals surface area contributed by atoms with Crippen LogP contribution in [0.2, 0.25) is 0 Å². The summed E-state index contributed by atoms with van der Waals surface area (Å²) in [5.74, 6) is 0.142. The van der Waals surface area contributed by atoms with Crippen molar-refractivity contribution in [2.24, 2.45) is 0 Å². The molecule has 0 saturated heterocycles. The molecule has 2 aromatic carbocycles. The minimum absolute atomic E-state index is 0.124. The highest BCUT2D eigenvalue weighted by molar-refractivity contribution is 5.96. The standard InChI is InChI=1S/C22H21NO8/c1-27-10-9-23-21(25)18-11-14-3-4-17(12-19(14)31-22(18)26)30-20(24)13-29-16-7-5-15(28-2)6-8-16/h3-8,11-12H,9-10,13H2,1-2H3,(H,23,25). The molecule has 0 saturated carbocycles. The zero-order valence-electron chi connectivity index (χ0n) is 17.0. The molecule has 3 aromatic rings. The summed E-state index contributed by atoms with van der Waals surface area (Å²) in [7, 11) is 3.06. The Morgan fingerprint density at radius 3 is 2.39 bits per heavy atom. The maximum atomic E-state index is 12.2. The molecule has 1 aromatic heterocycles. The van der Waals surface area contributed by atoms with Crippen LogP contribution >= 0.6 is 0 Å². The number of esters is 1. The van der Waals surface area contributed by atoms with Crippen molar-refractivity contribution in [3.05, 3.63) is 64.5 Å². The summed E-state index contributed by atoms with van der Waals surface area (Å²) in [5.41, 5.74) is -0.741. The largest absolute Gasteiger partial charge is 0.497 e. The van der Waals surface area contributed by atoms with E-state index in [0.717, 1.165) is 0 Å². The quantitative estimate of drug-likeness (QED) is 0.239. The lowest BCUT2D eigenvalue weighted by molar-refractivity contribution is -0.136. The van der Waals surface area contributed by atoms with Crippen molar-refractivity contribution < 1.29 is 33.0 Å². The lowest BCUT2D eigenvalue weighted by Crippen LogP contribution is -2.30. The van der Waals surface area contributed by atoms with Crippen molar-refractivity contribution in [1.82, 2.24) is 5.32 Å². The fraction of sp³-hybridized carbons (Fsp3) is 0.227. The van der Waals surface area contributed by atoms with Crippen molar-refractivity contribution in [3.63, 3.8) is 0 Å². The molecule has 0 unspecified atom stereocenters. The molecule has 0 aliphatic carbocycles. The topological polar surface area (TPSA) is 113 Å². The molecule has 162 valence electrons. The van der Waals surface area contributed by atoms with E-state index in [0.29, 0.717) is 23.5 Å². The Morgan fingerprint density at radius 1 is 0.968 bits per heavy atom. The Bertz CT molecular complexity index is 1120. The van der Waals surface area contributed by atoms with Gasteiger partial charge in [-0.2, -0.15) is 0 Å². The first-order chi connectivity index (χ1) is 15.0. The van der Waals surface area contributed by atoms with Crippen LogP contribution in [0, 0.1) is 0 Å². The van der Waals surface area contributed by atoms with Crippen LogP contribution in [0.5, 0.6) is 17.2 Å². The van der Waals surface area contributed by atoms with E-state index >= 15 is 0 Å². The normalized spacial score (nSPS) is 10.5. The lowest BCUT2D eigenvalue weighted by atomic mass is 10.1. The Hall–Kier alpha value is -3.85. The first kappa shape index (κ1) is 21.8. The van der Waals surface area contributed by atoms with Gasteiger partial charge in [-0.3, -0.25) is 4.79 Å². The predicted octanol–water partition coefficient (Wildman–Crippen LogP) is 2.16. The summed E-state index contributed by atoms with van der Waals surface area (Å²) >= 11 is 0. The molecule has 1 heterocycles. The number of carbonyl (C=O) groups excluding carboxylic acids is 2. The van der Waals surface area contributed by atoms with Gasteiger partial charge in [0, 0.05) is 25.1 Å². The number of fused-ring (bicyclic) bond motifs is 1. The first-order valence-corrected chi connectivity index (χ1v) is 9.32. The minimum atomic E-state index is -0.797. The number of rotatable bonds is 9. The van der Waals surface area contributed by atoms with Gasteiger partial charge in [-0.05, 0) is 42.5 Å². The fourth-order valence-electron chi connectivity index (χ4n) is 2.65. The van der Waals surface area contributed by atoms with E-state index in [2.05, 4.69) is 5.32 Å². The van der Waals surface area contributed by atoms with Crippen molar-refractivity contribution in [2.75, 3.05) is 34.0 Å². The summed E-state index contributed by atoms with van der Waals surface area (Å²) in [5, 5.41) is 3.07. The third kappa shape index (κ3) is 5.83. The van der Waals surface area contributed by atoms with Crippen molar-refractivity contribution in [1.29, 1.82) is 0 Å². The Kier molecular flexibility index (Phi) is 7.23. The van der Waals surface area contributed by atoms with E-state index in [1.807, 2.05) is 0 Å². The molecule has 0 aliphatic heterocycles. The fourth-order valence-corrected chi connectivity index (χ4v) is 2.65. The van der Waals surface area contributed by atoms with Gasteiger partial charge in [0.05, 0.1) is 13.7 Å². The van der Waals surface area contributed by atoms with E-state index in [1.165, 1.54) is 25.3 Å². The van der Waals surface area contributed by atoms with Gasteiger partial charge in [0.15, 0.2) is 6.61 Å². The van der Waals surface area contributed by atoms with E-state index in [4.69, 9.17) is 23.4 Å². The molecule has 0 radical (unpaired) electrons. The van der Waals surface area contributed by atoms with Crippen LogP contribution in [-0.2, 0) is 9.53 Å². The minimum Gasteiger partial charge on any atom is -0.497 e. The van der Waals surface area contributed by atoms with Crippen molar-refractivity contribution in [3.8, 4) is 17.2 Å². The van der Waals surface area contributed by atoms with E-state index in [-0.39, 0.29) is 30.0 Å². The number of methoxy groups -OCH3 is 2. The number of hydrogen-bond acceptors (Lipinski definition) is 8. The van der Waals surface area contributed by atoms with Crippen LogP contribution in [-0.4, -0.2) is 45.9 Å². The van der Waals surface area contributed by atoms with E-state index < -0.39 is 17.5 Å². The molecule has 9 heteroatoms. The Morgan fingerprint density at radius 2 is 1.68 bits per heavy atom. The first-order valence-electron chi connectivity index (χ1n) is 9.32. The molecule has 0 aliphatic rings. The summed E-state index contributed by atoms with van der Waals surface area (Å²) in [6.45, 7) is 0.275. The summed E-state index contributed by atoms with van der Waals surface area (Å²) in [6.07, 6.45) is 0. The van der Waals surface area contributed by atoms with Gasteiger partial charge in [-0.15, -0.1) is 0 Å². The monoisotopic (exact) mass is 427 g/mol. The number of nitrogens with one attached hydrogen (secondary N) is 1. The molecular weight excluding hydrogens is 406 g/mol. The highest BCUT2D eigenvalue weighted by Crippen LogP contribution is 2.21. The summed E-state index contributed by atoms with van der Waals surface area (Å²) in [6, 6.07) is 12.7. The highest BCUT2D eigenvalue weighted by Gasteiger charge is 2.14. The number of ether oxygens (including phenoxy) is 4. The van der Waals surface area contributed by atoms with Gasteiger partial charge in [0.2, 0.25) is 0 Å². The SMILES string of the molecule is COCCNC(=O)c1cc2ccc(OC(=O)COc3ccc(OC)cc3)cc2oc1=O. The predicted molar refractivity (Wildman–Crippen MR) is 111 cm³/mol. The molecule has 0 spiro atoms. The number of carbonyl (C=O) groups is 2. The third-order valence-corrected chi connectivity index (χ3v) is 4.19. The van der Waals surface area contributed by atoms with Gasteiger partial charge in [-0.1, -0.05) is 0 Å². The second-order valence-corrected chi connectivity index (χ2v) is 6.33.